The molecule has 1 amide bonds. The van der Waals surface area contributed by atoms with Gasteiger partial charge in [-0.05, 0) is 25.5 Å². The van der Waals surface area contributed by atoms with Crippen LogP contribution in [0.1, 0.15) is 38.7 Å². The normalized spacial score (nSPS) is 10.5. The summed E-state index contributed by atoms with van der Waals surface area (Å²) in [7, 11) is 0. The van der Waals surface area contributed by atoms with Gasteiger partial charge in [0, 0.05) is 5.56 Å². The number of hydrogen-bond acceptors (Lipinski definition) is 4. The Morgan fingerprint density at radius 1 is 1.30 bits per heavy atom. The van der Waals surface area contributed by atoms with E-state index in [2.05, 4.69) is 17.5 Å². The summed E-state index contributed by atoms with van der Waals surface area (Å²) in [6, 6.07) is 7.57. The minimum atomic E-state index is -0.565. The highest BCUT2D eigenvalue weighted by Crippen LogP contribution is 2.16. The van der Waals surface area contributed by atoms with Crippen LogP contribution in [0.15, 0.2) is 29.4 Å². The highest BCUT2D eigenvalue weighted by Gasteiger charge is 2.01. The molecule has 1 rings (SSSR count). The first-order valence-electron chi connectivity index (χ1n) is 6.95. The summed E-state index contributed by atoms with van der Waals surface area (Å²) in [5.74, 6) is 0.762. The van der Waals surface area contributed by atoms with Gasteiger partial charge in [0.1, 0.15) is 5.75 Å². The van der Waals surface area contributed by atoms with Crippen molar-refractivity contribution in [1.29, 1.82) is 0 Å². The number of nitrogens with one attached hydrogen (secondary N) is 1. The van der Waals surface area contributed by atoms with Gasteiger partial charge in [0.05, 0.1) is 19.4 Å². The van der Waals surface area contributed by atoms with E-state index in [1.165, 1.54) is 0 Å². The van der Waals surface area contributed by atoms with Crippen LogP contribution in [0.2, 0.25) is 0 Å². The van der Waals surface area contributed by atoms with Gasteiger partial charge in [0.2, 0.25) is 0 Å². The Balaban J connectivity index is 2.52. The lowest BCUT2D eigenvalue weighted by molar-refractivity contribution is 0.152. The van der Waals surface area contributed by atoms with Gasteiger partial charge in [-0.1, -0.05) is 31.9 Å². The first-order chi connectivity index (χ1) is 9.77. The Hall–Kier alpha value is -2.04. The molecule has 1 N–H and O–H groups in total. The molecule has 0 aliphatic heterocycles. The molecule has 0 spiro atoms. The van der Waals surface area contributed by atoms with E-state index in [9.17, 15) is 4.79 Å². The second-order valence-electron chi connectivity index (χ2n) is 4.18. The topological polar surface area (TPSA) is 59.9 Å². The summed E-state index contributed by atoms with van der Waals surface area (Å²) in [5, 5.41) is 3.84. The Morgan fingerprint density at radius 2 is 2.10 bits per heavy atom. The molecule has 0 saturated heterocycles. The van der Waals surface area contributed by atoms with Crippen molar-refractivity contribution < 1.29 is 14.3 Å². The van der Waals surface area contributed by atoms with Gasteiger partial charge in [-0.25, -0.2) is 10.2 Å². The van der Waals surface area contributed by atoms with Gasteiger partial charge in [-0.2, -0.15) is 5.10 Å². The molecule has 0 atom stereocenters. The molecule has 0 aliphatic carbocycles. The lowest BCUT2D eigenvalue weighted by Crippen LogP contribution is -2.18. The summed E-state index contributed by atoms with van der Waals surface area (Å²) in [4.78, 5) is 11.1. The maximum Gasteiger partial charge on any atom is 0.427 e. The summed E-state index contributed by atoms with van der Waals surface area (Å²) >= 11 is 0. The van der Waals surface area contributed by atoms with Gasteiger partial charge in [0.25, 0.3) is 0 Å². The number of benzene rings is 1. The number of amides is 1. The summed E-state index contributed by atoms with van der Waals surface area (Å²) < 4.78 is 10.4. The van der Waals surface area contributed by atoms with Crippen molar-refractivity contribution >= 4 is 12.3 Å². The molecule has 110 valence electrons. The van der Waals surface area contributed by atoms with Crippen LogP contribution in [0, 0.1) is 0 Å². The van der Waals surface area contributed by atoms with E-state index >= 15 is 0 Å². The fraction of sp³-hybridized carbons (Fsp3) is 0.467. The second-order valence-corrected chi connectivity index (χ2v) is 4.18. The average Bonchev–Trinajstić information content (AvgIpc) is 2.45. The SMILES string of the molecule is CCCCCOc1ccccc1C=NNC(=O)OCC. The molecule has 0 fully saturated rings. The van der Waals surface area contributed by atoms with Crippen LogP contribution < -0.4 is 10.2 Å². The standard InChI is InChI=1S/C15H22N2O3/c1-3-5-8-11-20-14-10-7-6-9-13(14)12-16-17-15(18)19-4-2/h6-7,9-10,12H,3-5,8,11H2,1-2H3,(H,17,18). The molecular formula is C15H22N2O3. The number of nitrogens with zero attached hydrogens (tertiary/aromatic N) is 1. The zero-order valence-electron chi connectivity index (χ0n) is 12.1. The molecule has 20 heavy (non-hydrogen) atoms. The van der Waals surface area contributed by atoms with Crippen molar-refractivity contribution in [2.24, 2.45) is 5.10 Å². The molecule has 0 aliphatic rings. The Kier molecular flexibility index (Phi) is 7.87. The first kappa shape index (κ1) is 16.0. The molecule has 0 saturated carbocycles. The highest BCUT2D eigenvalue weighted by atomic mass is 16.5. The number of ether oxygens (including phenoxy) is 2. The molecule has 0 radical (unpaired) electrons. The summed E-state index contributed by atoms with van der Waals surface area (Å²) in [5.41, 5.74) is 3.11. The van der Waals surface area contributed by atoms with E-state index in [0.29, 0.717) is 13.2 Å². The summed E-state index contributed by atoms with van der Waals surface area (Å²) in [6.45, 7) is 4.90. The van der Waals surface area contributed by atoms with Crippen molar-refractivity contribution in [3.05, 3.63) is 29.8 Å². The molecule has 0 unspecified atom stereocenters. The van der Waals surface area contributed by atoms with Crippen LogP contribution in [-0.4, -0.2) is 25.5 Å². The minimum absolute atomic E-state index is 0.318. The molecule has 1 aromatic carbocycles. The van der Waals surface area contributed by atoms with E-state index in [-0.39, 0.29) is 0 Å². The lowest BCUT2D eigenvalue weighted by Gasteiger charge is -2.08. The zero-order chi connectivity index (χ0) is 14.6. The molecule has 0 heterocycles. The van der Waals surface area contributed by atoms with Crippen LogP contribution in [0.3, 0.4) is 0 Å². The third-order valence-corrected chi connectivity index (χ3v) is 2.56. The average molecular weight is 278 g/mol. The molecule has 0 aromatic heterocycles. The Bertz CT molecular complexity index is 433. The smallest absolute Gasteiger partial charge is 0.427 e. The quantitative estimate of drug-likeness (QED) is 0.451. The van der Waals surface area contributed by atoms with Crippen LogP contribution in [-0.2, 0) is 4.74 Å². The number of carbonyl (C=O) groups excluding carboxylic acids is 1. The second kappa shape index (κ2) is 9.83. The van der Waals surface area contributed by atoms with Crippen LogP contribution in [0.4, 0.5) is 4.79 Å². The first-order valence-corrected chi connectivity index (χ1v) is 6.95. The number of para-hydroxylation sites is 1. The Labute approximate surface area is 120 Å². The van der Waals surface area contributed by atoms with E-state index in [1.807, 2.05) is 24.3 Å². The molecule has 1 aromatic rings. The third-order valence-electron chi connectivity index (χ3n) is 2.56. The molecule has 5 nitrogen and oxygen atoms in total. The van der Waals surface area contributed by atoms with Crippen LogP contribution in [0.25, 0.3) is 0 Å². The van der Waals surface area contributed by atoms with Gasteiger partial charge < -0.3 is 9.47 Å². The van der Waals surface area contributed by atoms with Crippen molar-refractivity contribution in [1.82, 2.24) is 5.43 Å². The fourth-order valence-corrected chi connectivity index (χ4v) is 1.57. The predicted octanol–water partition coefficient (Wildman–Crippen LogP) is 3.34. The number of hydrazone groups is 1. The van der Waals surface area contributed by atoms with Crippen molar-refractivity contribution in [2.45, 2.75) is 33.1 Å². The monoisotopic (exact) mass is 278 g/mol. The van der Waals surface area contributed by atoms with E-state index in [4.69, 9.17) is 9.47 Å². The lowest BCUT2D eigenvalue weighted by atomic mass is 10.2. The van der Waals surface area contributed by atoms with Crippen molar-refractivity contribution in [3.8, 4) is 5.75 Å². The molecule has 0 bridgehead atoms. The maximum atomic E-state index is 11.1. The number of unbranched alkanes of at least 4 members (excludes halogenated alkanes) is 2. The predicted molar refractivity (Wildman–Crippen MR) is 79.2 cm³/mol. The zero-order valence-corrected chi connectivity index (χ0v) is 12.1. The Morgan fingerprint density at radius 3 is 2.85 bits per heavy atom. The van der Waals surface area contributed by atoms with Crippen molar-refractivity contribution in [2.75, 3.05) is 13.2 Å². The van der Waals surface area contributed by atoms with Crippen molar-refractivity contribution in [3.63, 3.8) is 0 Å². The third kappa shape index (κ3) is 6.22. The van der Waals surface area contributed by atoms with Crippen LogP contribution in [0.5, 0.6) is 5.75 Å². The summed E-state index contributed by atoms with van der Waals surface area (Å²) in [6.07, 6.45) is 4.33. The maximum absolute atomic E-state index is 11.1. The largest absolute Gasteiger partial charge is 0.493 e. The van der Waals surface area contributed by atoms with E-state index in [0.717, 1.165) is 30.6 Å². The van der Waals surface area contributed by atoms with Gasteiger partial charge in [-0.3, -0.25) is 0 Å². The molecular weight excluding hydrogens is 256 g/mol. The number of hydrogen-bond donors (Lipinski definition) is 1. The molecule has 5 heteroatoms. The number of rotatable bonds is 8. The van der Waals surface area contributed by atoms with Gasteiger partial charge >= 0.3 is 6.09 Å². The fourth-order valence-electron chi connectivity index (χ4n) is 1.57. The van der Waals surface area contributed by atoms with Crippen LogP contribution >= 0.6 is 0 Å². The van der Waals surface area contributed by atoms with E-state index < -0.39 is 6.09 Å². The minimum Gasteiger partial charge on any atom is -0.493 e. The van der Waals surface area contributed by atoms with E-state index in [1.54, 1.807) is 13.1 Å². The van der Waals surface area contributed by atoms with Gasteiger partial charge in [-0.15, -0.1) is 0 Å². The highest BCUT2D eigenvalue weighted by molar-refractivity contribution is 5.84. The number of carbonyl (C=O) groups is 1. The van der Waals surface area contributed by atoms with Gasteiger partial charge in [0.15, 0.2) is 0 Å².